The van der Waals surface area contributed by atoms with E-state index in [0.717, 1.165) is 16.0 Å². The van der Waals surface area contributed by atoms with Gasteiger partial charge in [0.25, 0.3) is 5.91 Å². The summed E-state index contributed by atoms with van der Waals surface area (Å²) in [5.74, 6) is -0.403. The lowest BCUT2D eigenvalue weighted by Gasteiger charge is -2.12. The molecule has 4 aromatic heterocycles. The largest absolute Gasteiger partial charge is 0.467 e. The minimum Gasteiger partial charge on any atom is -0.467 e. The van der Waals surface area contributed by atoms with Crippen molar-refractivity contribution in [2.75, 3.05) is 6.61 Å². The first-order valence-corrected chi connectivity index (χ1v) is 10.4. The molecule has 4 heterocycles. The number of nitrogens with one attached hydrogen (secondary N) is 1. The van der Waals surface area contributed by atoms with Gasteiger partial charge in [-0.2, -0.15) is 10.4 Å². The maximum Gasteiger partial charge on any atom is 0.278 e. The van der Waals surface area contributed by atoms with E-state index in [1.54, 1.807) is 49.1 Å². The van der Waals surface area contributed by atoms with Crippen LogP contribution >= 0.6 is 11.3 Å². The summed E-state index contributed by atoms with van der Waals surface area (Å²) in [5.41, 5.74) is 5.47. The average Bonchev–Trinajstić information content (AvgIpc) is 3.38. The Morgan fingerprint density at radius 2 is 2.06 bits per heavy atom. The molecule has 0 aliphatic heterocycles. The first-order chi connectivity index (χ1) is 15.7. The Morgan fingerprint density at radius 3 is 2.78 bits per heavy atom. The van der Waals surface area contributed by atoms with E-state index in [1.165, 1.54) is 17.6 Å². The van der Waals surface area contributed by atoms with Gasteiger partial charge in [0.15, 0.2) is 6.61 Å². The lowest BCUT2D eigenvalue weighted by Crippen LogP contribution is -2.25. The monoisotopic (exact) mass is 440 g/mol. The van der Waals surface area contributed by atoms with Gasteiger partial charge in [-0.15, -0.1) is 11.3 Å². The van der Waals surface area contributed by atoms with E-state index in [2.05, 4.69) is 31.5 Å². The standard InChI is InChI=1S/C23H16N6O2S/c24-12-19-18(17-5-8-25-9-6-17)11-20(21-4-2-10-32-21)28-23(19)31-15-22(30)29-27-14-16-3-1-7-26-13-16/h1-11,13-14H,15H2,(H,29,30)/b27-14+. The predicted octanol–water partition coefficient (Wildman–Crippen LogP) is 3.67. The third-order valence-electron chi connectivity index (χ3n) is 4.29. The third-order valence-corrected chi connectivity index (χ3v) is 5.18. The summed E-state index contributed by atoms with van der Waals surface area (Å²) < 4.78 is 5.65. The molecule has 1 amide bonds. The first-order valence-electron chi connectivity index (χ1n) is 9.49. The van der Waals surface area contributed by atoms with Gasteiger partial charge in [-0.25, -0.2) is 10.4 Å². The average molecular weight is 440 g/mol. The van der Waals surface area contributed by atoms with Gasteiger partial charge < -0.3 is 4.74 Å². The van der Waals surface area contributed by atoms with Gasteiger partial charge in [0.2, 0.25) is 5.88 Å². The number of nitrogens with zero attached hydrogens (tertiary/aromatic N) is 5. The number of hydrogen-bond donors (Lipinski definition) is 1. The molecule has 0 saturated carbocycles. The zero-order valence-electron chi connectivity index (χ0n) is 16.7. The van der Waals surface area contributed by atoms with Crippen molar-refractivity contribution in [3.63, 3.8) is 0 Å². The minimum atomic E-state index is -0.484. The highest BCUT2D eigenvalue weighted by molar-refractivity contribution is 7.13. The van der Waals surface area contributed by atoms with E-state index in [9.17, 15) is 10.1 Å². The van der Waals surface area contributed by atoms with Gasteiger partial charge in [0.05, 0.1) is 16.8 Å². The molecule has 9 heteroatoms. The number of ether oxygens (including phenoxy) is 1. The van der Waals surface area contributed by atoms with Gasteiger partial charge in [-0.05, 0) is 41.3 Å². The zero-order valence-corrected chi connectivity index (χ0v) is 17.5. The molecule has 32 heavy (non-hydrogen) atoms. The van der Waals surface area contributed by atoms with E-state index in [-0.39, 0.29) is 18.1 Å². The smallest absolute Gasteiger partial charge is 0.278 e. The highest BCUT2D eigenvalue weighted by Crippen LogP contribution is 2.34. The summed E-state index contributed by atoms with van der Waals surface area (Å²) >= 11 is 1.52. The molecule has 0 bridgehead atoms. The Kier molecular flexibility index (Phi) is 6.55. The van der Waals surface area contributed by atoms with E-state index < -0.39 is 5.91 Å². The minimum absolute atomic E-state index is 0.0802. The number of hydrazone groups is 1. The second kappa shape index (κ2) is 10.1. The zero-order chi connectivity index (χ0) is 22.2. The quantitative estimate of drug-likeness (QED) is 0.347. The molecular weight excluding hydrogens is 424 g/mol. The summed E-state index contributed by atoms with van der Waals surface area (Å²) in [6.45, 7) is -0.351. The fourth-order valence-corrected chi connectivity index (χ4v) is 3.53. The Hall–Kier alpha value is -4.42. The summed E-state index contributed by atoms with van der Waals surface area (Å²) in [5, 5.41) is 15.6. The van der Waals surface area contributed by atoms with Crippen molar-refractivity contribution in [1.29, 1.82) is 5.26 Å². The molecule has 0 saturated heterocycles. The topological polar surface area (TPSA) is 113 Å². The molecule has 0 fully saturated rings. The molecular formula is C23H16N6O2S. The molecule has 0 aliphatic carbocycles. The Labute approximate surface area is 187 Å². The van der Waals surface area contributed by atoms with Crippen LogP contribution in [0.2, 0.25) is 0 Å². The summed E-state index contributed by atoms with van der Waals surface area (Å²) in [6.07, 6.45) is 8.04. The van der Waals surface area contributed by atoms with Crippen molar-refractivity contribution >= 4 is 23.5 Å². The van der Waals surface area contributed by atoms with Crippen LogP contribution in [0.15, 0.2) is 77.7 Å². The van der Waals surface area contributed by atoms with Crippen molar-refractivity contribution < 1.29 is 9.53 Å². The lowest BCUT2D eigenvalue weighted by molar-refractivity contribution is -0.123. The fourth-order valence-electron chi connectivity index (χ4n) is 2.84. The number of carbonyl (C=O) groups is 1. The van der Waals surface area contributed by atoms with Gasteiger partial charge in [0.1, 0.15) is 11.6 Å². The third kappa shape index (κ3) is 5.00. The van der Waals surface area contributed by atoms with E-state index >= 15 is 0 Å². The van der Waals surface area contributed by atoms with Crippen molar-refractivity contribution in [1.82, 2.24) is 20.4 Å². The Balaban J connectivity index is 1.57. The number of amides is 1. The lowest BCUT2D eigenvalue weighted by atomic mass is 10.0. The van der Waals surface area contributed by atoms with E-state index in [0.29, 0.717) is 11.3 Å². The van der Waals surface area contributed by atoms with Crippen LogP contribution in [-0.4, -0.2) is 33.7 Å². The van der Waals surface area contributed by atoms with Crippen molar-refractivity contribution in [2.45, 2.75) is 0 Å². The molecule has 0 aliphatic rings. The highest BCUT2D eigenvalue weighted by Gasteiger charge is 2.18. The number of nitriles is 1. The Bertz CT molecular complexity index is 1270. The van der Waals surface area contributed by atoms with Crippen molar-refractivity contribution in [2.24, 2.45) is 5.10 Å². The number of carbonyl (C=O) groups excluding carboxylic acids is 1. The number of thiophene rings is 1. The number of aromatic nitrogens is 3. The predicted molar refractivity (Wildman–Crippen MR) is 121 cm³/mol. The maximum atomic E-state index is 12.2. The molecule has 0 spiro atoms. The van der Waals surface area contributed by atoms with Crippen LogP contribution in [0.4, 0.5) is 0 Å². The van der Waals surface area contributed by atoms with Crippen LogP contribution in [0.1, 0.15) is 11.1 Å². The van der Waals surface area contributed by atoms with Crippen LogP contribution in [0, 0.1) is 11.3 Å². The molecule has 0 unspecified atom stereocenters. The maximum absolute atomic E-state index is 12.2. The second-order valence-corrected chi connectivity index (χ2v) is 7.38. The van der Waals surface area contributed by atoms with Gasteiger partial charge >= 0.3 is 0 Å². The normalized spacial score (nSPS) is 10.6. The summed E-state index contributed by atoms with van der Waals surface area (Å²) in [4.78, 5) is 25.6. The molecule has 0 radical (unpaired) electrons. The van der Waals surface area contributed by atoms with Gasteiger partial charge in [0, 0.05) is 35.9 Å². The molecule has 1 N–H and O–H groups in total. The Morgan fingerprint density at radius 1 is 1.19 bits per heavy atom. The van der Waals surface area contributed by atoms with Crippen molar-refractivity contribution in [3.05, 3.63) is 83.8 Å². The van der Waals surface area contributed by atoms with E-state index in [1.807, 2.05) is 23.6 Å². The highest BCUT2D eigenvalue weighted by atomic mass is 32.1. The van der Waals surface area contributed by atoms with Gasteiger partial charge in [-0.3, -0.25) is 14.8 Å². The summed E-state index contributed by atoms with van der Waals surface area (Å²) in [7, 11) is 0. The van der Waals surface area contributed by atoms with Crippen LogP contribution < -0.4 is 10.2 Å². The summed E-state index contributed by atoms with van der Waals surface area (Å²) in [6, 6.07) is 15.0. The first kappa shape index (κ1) is 20.8. The number of pyridine rings is 3. The second-order valence-electron chi connectivity index (χ2n) is 6.43. The van der Waals surface area contributed by atoms with E-state index in [4.69, 9.17) is 4.74 Å². The van der Waals surface area contributed by atoms with Crippen LogP contribution in [-0.2, 0) is 4.79 Å². The van der Waals surface area contributed by atoms with Gasteiger partial charge in [-0.1, -0.05) is 12.1 Å². The molecule has 4 aromatic rings. The van der Waals surface area contributed by atoms with Crippen LogP contribution in [0.5, 0.6) is 5.88 Å². The molecule has 0 aromatic carbocycles. The molecule has 156 valence electrons. The molecule has 0 atom stereocenters. The van der Waals surface area contributed by atoms with Crippen LogP contribution in [0.3, 0.4) is 0 Å². The number of hydrogen-bond acceptors (Lipinski definition) is 8. The van der Waals surface area contributed by atoms with Crippen LogP contribution in [0.25, 0.3) is 21.7 Å². The number of rotatable bonds is 7. The fraction of sp³-hybridized carbons (Fsp3) is 0.0435. The molecule has 8 nitrogen and oxygen atoms in total. The van der Waals surface area contributed by atoms with Crippen molar-refractivity contribution in [3.8, 4) is 33.6 Å². The molecule has 4 rings (SSSR count). The SMILES string of the molecule is N#Cc1c(-c2ccncc2)cc(-c2cccs2)nc1OCC(=O)N/N=C/c1cccnc1.